The Kier molecular flexibility index (Phi) is 3.59. The second kappa shape index (κ2) is 4.94. The van der Waals surface area contributed by atoms with E-state index in [0.29, 0.717) is 18.6 Å². The molecule has 1 aliphatic heterocycles. The molecule has 86 valence electrons. The Morgan fingerprint density at radius 3 is 2.67 bits per heavy atom. The number of carbonyl (C=O) groups is 1. The Balaban J connectivity index is 1.81. The molecule has 2 fully saturated rings. The second-order valence-corrected chi connectivity index (χ2v) is 4.61. The van der Waals surface area contributed by atoms with Gasteiger partial charge in [-0.25, -0.2) is 0 Å². The van der Waals surface area contributed by atoms with Crippen LogP contribution in [0.15, 0.2) is 0 Å². The van der Waals surface area contributed by atoms with Crippen LogP contribution < -0.4 is 10.6 Å². The van der Waals surface area contributed by atoms with Crippen molar-refractivity contribution in [3.63, 3.8) is 0 Å². The largest absolute Gasteiger partial charge is 0.354 e. The molecule has 0 aromatic carbocycles. The predicted molar refractivity (Wildman–Crippen MR) is 59.7 cm³/mol. The van der Waals surface area contributed by atoms with E-state index in [1.165, 1.54) is 25.7 Å². The maximum atomic E-state index is 11.3. The molecular weight excluding hydrogens is 190 g/mol. The van der Waals surface area contributed by atoms with E-state index in [9.17, 15) is 4.79 Å². The summed E-state index contributed by atoms with van der Waals surface area (Å²) in [6.07, 6.45) is 4.97. The van der Waals surface area contributed by atoms with Gasteiger partial charge in [-0.05, 0) is 32.7 Å². The highest BCUT2D eigenvalue weighted by Gasteiger charge is 2.27. The van der Waals surface area contributed by atoms with E-state index >= 15 is 0 Å². The molecule has 0 spiro atoms. The number of hydrogen-bond acceptors (Lipinski definition) is 3. The molecule has 1 heterocycles. The summed E-state index contributed by atoms with van der Waals surface area (Å²) in [6.45, 7) is 2.46. The van der Waals surface area contributed by atoms with E-state index in [1.807, 2.05) is 7.05 Å². The molecule has 1 aliphatic carbocycles. The van der Waals surface area contributed by atoms with Crippen LogP contribution >= 0.6 is 0 Å². The zero-order valence-corrected chi connectivity index (χ0v) is 9.46. The maximum absolute atomic E-state index is 11.3. The topological polar surface area (TPSA) is 44.4 Å². The van der Waals surface area contributed by atoms with Gasteiger partial charge in [-0.3, -0.25) is 9.69 Å². The summed E-state index contributed by atoms with van der Waals surface area (Å²) in [6, 6.07) is 1.33. The number of piperazine rings is 1. The fourth-order valence-electron chi connectivity index (χ4n) is 2.70. The molecule has 1 saturated carbocycles. The molecule has 2 rings (SSSR count). The van der Waals surface area contributed by atoms with Crippen molar-refractivity contribution in [2.45, 2.75) is 37.8 Å². The van der Waals surface area contributed by atoms with Crippen molar-refractivity contribution in [2.75, 3.05) is 26.7 Å². The van der Waals surface area contributed by atoms with Crippen molar-refractivity contribution in [2.24, 2.45) is 0 Å². The standard InChI is InChI=1S/C11H21N3O/c1-12-9-2-4-10(5-3-9)14-7-6-13-11(15)8-14/h9-10,12H,2-8H2,1H3,(H,13,15)/t9-,10-. The third-order valence-electron chi connectivity index (χ3n) is 3.69. The molecule has 0 bridgehead atoms. The van der Waals surface area contributed by atoms with Crippen LogP contribution in [0.4, 0.5) is 0 Å². The van der Waals surface area contributed by atoms with Crippen molar-refractivity contribution >= 4 is 5.91 Å². The molecule has 4 heteroatoms. The number of hydrogen-bond donors (Lipinski definition) is 2. The number of nitrogens with one attached hydrogen (secondary N) is 2. The fraction of sp³-hybridized carbons (Fsp3) is 0.909. The van der Waals surface area contributed by atoms with E-state index < -0.39 is 0 Å². The molecular formula is C11H21N3O. The van der Waals surface area contributed by atoms with Crippen molar-refractivity contribution in [3.8, 4) is 0 Å². The number of carbonyl (C=O) groups excluding carboxylic acids is 1. The van der Waals surface area contributed by atoms with Crippen molar-refractivity contribution < 1.29 is 4.79 Å². The highest BCUT2D eigenvalue weighted by atomic mass is 16.2. The van der Waals surface area contributed by atoms with E-state index in [4.69, 9.17) is 0 Å². The van der Waals surface area contributed by atoms with Gasteiger partial charge in [0.25, 0.3) is 0 Å². The number of nitrogens with zero attached hydrogens (tertiary/aromatic N) is 1. The molecule has 0 aromatic rings. The van der Waals surface area contributed by atoms with Crippen LogP contribution in [0.3, 0.4) is 0 Å². The Morgan fingerprint density at radius 1 is 1.33 bits per heavy atom. The quantitative estimate of drug-likeness (QED) is 0.673. The summed E-state index contributed by atoms with van der Waals surface area (Å²) >= 11 is 0. The Bertz CT molecular complexity index is 224. The lowest BCUT2D eigenvalue weighted by molar-refractivity contribution is -0.125. The van der Waals surface area contributed by atoms with Crippen LogP contribution in [-0.4, -0.2) is 49.6 Å². The molecule has 1 saturated heterocycles. The molecule has 15 heavy (non-hydrogen) atoms. The van der Waals surface area contributed by atoms with E-state index in [2.05, 4.69) is 15.5 Å². The van der Waals surface area contributed by atoms with Crippen molar-refractivity contribution in [1.82, 2.24) is 15.5 Å². The van der Waals surface area contributed by atoms with Crippen molar-refractivity contribution in [3.05, 3.63) is 0 Å². The summed E-state index contributed by atoms with van der Waals surface area (Å²) in [5, 5.41) is 6.22. The first-order chi connectivity index (χ1) is 7.29. The summed E-state index contributed by atoms with van der Waals surface area (Å²) in [5.41, 5.74) is 0. The third-order valence-corrected chi connectivity index (χ3v) is 3.69. The summed E-state index contributed by atoms with van der Waals surface area (Å²) < 4.78 is 0. The highest BCUT2D eigenvalue weighted by Crippen LogP contribution is 2.23. The van der Waals surface area contributed by atoms with Crippen molar-refractivity contribution in [1.29, 1.82) is 0 Å². The first-order valence-corrected chi connectivity index (χ1v) is 5.97. The molecule has 2 N–H and O–H groups in total. The first-order valence-electron chi connectivity index (χ1n) is 5.97. The van der Waals surface area contributed by atoms with E-state index in [0.717, 1.165) is 13.1 Å². The molecule has 0 radical (unpaired) electrons. The molecule has 0 atom stereocenters. The first kappa shape index (κ1) is 10.9. The van der Waals surface area contributed by atoms with Gasteiger partial charge in [0, 0.05) is 25.2 Å². The monoisotopic (exact) mass is 211 g/mol. The SMILES string of the molecule is CN[C@H]1CC[C@H](N2CCNC(=O)C2)CC1. The van der Waals surface area contributed by atoms with Gasteiger partial charge in [0.2, 0.25) is 5.91 Å². The van der Waals surface area contributed by atoms with Gasteiger partial charge in [-0.2, -0.15) is 0 Å². The molecule has 0 unspecified atom stereocenters. The molecule has 1 amide bonds. The van der Waals surface area contributed by atoms with Crippen LogP contribution in [0, 0.1) is 0 Å². The van der Waals surface area contributed by atoms with Gasteiger partial charge in [0.05, 0.1) is 6.54 Å². The summed E-state index contributed by atoms with van der Waals surface area (Å²) in [5.74, 6) is 0.192. The molecule has 0 aromatic heterocycles. The Hall–Kier alpha value is -0.610. The van der Waals surface area contributed by atoms with Crippen LogP contribution in [0.1, 0.15) is 25.7 Å². The van der Waals surface area contributed by atoms with Gasteiger partial charge in [-0.1, -0.05) is 0 Å². The van der Waals surface area contributed by atoms with Crippen LogP contribution in [0.25, 0.3) is 0 Å². The maximum Gasteiger partial charge on any atom is 0.234 e. The molecule has 4 nitrogen and oxygen atoms in total. The number of rotatable bonds is 2. The fourth-order valence-corrected chi connectivity index (χ4v) is 2.70. The highest BCUT2D eigenvalue weighted by molar-refractivity contribution is 5.78. The average molecular weight is 211 g/mol. The van der Waals surface area contributed by atoms with Crippen LogP contribution in [0.2, 0.25) is 0 Å². The molecule has 2 aliphatic rings. The van der Waals surface area contributed by atoms with Gasteiger partial charge in [-0.15, -0.1) is 0 Å². The normalized spacial score (nSPS) is 33.8. The summed E-state index contributed by atoms with van der Waals surface area (Å²) in [4.78, 5) is 13.6. The minimum Gasteiger partial charge on any atom is -0.354 e. The van der Waals surface area contributed by atoms with E-state index in [-0.39, 0.29) is 5.91 Å². The zero-order chi connectivity index (χ0) is 10.7. The lowest BCUT2D eigenvalue weighted by Gasteiger charge is -2.38. The Labute approximate surface area is 91.4 Å². The van der Waals surface area contributed by atoms with Gasteiger partial charge < -0.3 is 10.6 Å². The van der Waals surface area contributed by atoms with Gasteiger partial charge in [0.1, 0.15) is 0 Å². The lowest BCUT2D eigenvalue weighted by atomic mass is 9.90. The van der Waals surface area contributed by atoms with Gasteiger partial charge >= 0.3 is 0 Å². The predicted octanol–water partition coefficient (Wildman–Crippen LogP) is -0.0512. The average Bonchev–Trinajstić information content (AvgIpc) is 2.29. The smallest absolute Gasteiger partial charge is 0.234 e. The minimum absolute atomic E-state index is 0.192. The second-order valence-electron chi connectivity index (χ2n) is 4.61. The van der Waals surface area contributed by atoms with E-state index in [1.54, 1.807) is 0 Å². The minimum atomic E-state index is 0.192. The Morgan fingerprint density at radius 2 is 2.07 bits per heavy atom. The number of amides is 1. The summed E-state index contributed by atoms with van der Waals surface area (Å²) in [7, 11) is 2.04. The van der Waals surface area contributed by atoms with Crippen LogP contribution in [-0.2, 0) is 4.79 Å². The van der Waals surface area contributed by atoms with Gasteiger partial charge in [0.15, 0.2) is 0 Å². The lowest BCUT2D eigenvalue weighted by Crippen LogP contribution is -2.53. The third kappa shape index (κ3) is 2.69. The zero-order valence-electron chi connectivity index (χ0n) is 9.46. The van der Waals surface area contributed by atoms with Crippen LogP contribution in [0.5, 0.6) is 0 Å².